The van der Waals surface area contributed by atoms with Gasteiger partial charge in [-0.25, -0.2) is 4.39 Å². The molecule has 2 rings (SSSR count). The molecule has 106 valence electrons. The zero-order chi connectivity index (χ0) is 14.5. The minimum atomic E-state index is -0.196. The lowest BCUT2D eigenvalue weighted by Gasteiger charge is -2.21. The Morgan fingerprint density at radius 3 is 2.40 bits per heavy atom. The molecule has 0 spiro atoms. The van der Waals surface area contributed by atoms with Crippen molar-refractivity contribution < 1.29 is 4.39 Å². The number of thioether (sulfide) groups is 1. The Kier molecular flexibility index (Phi) is 5.46. The second kappa shape index (κ2) is 7.11. The van der Waals surface area contributed by atoms with E-state index in [0.29, 0.717) is 5.56 Å². The van der Waals surface area contributed by atoms with Crippen molar-refractivity contribution in [3.8, 4) is 0 Å². The zero-order valence-corrected chi connectivity index (χ0v) is 12.8. The van der Waals surface area contributed by atoms with Gasteiger partial charge in [-0.2, -0.15) is 0 Å². The zero-order valence-electron chi connectivity index (χ0n) is 11.2. The van der Waals surface area contributed by atoms with E-state index in [1.165, 1.54) is 6.07 Å². The summed E-state index contributed by atoms with van der Waals surface area (Å²) in [5.41, 5.74) is 7.84. The summed E-state index contributed by atoms with van der Waals surface area (Å²) >= 11 is 7.51. The number of benzene rings is 2. The van der Waals surface area contributed by atoms with Gasteiger partial charge in [-0.3, -0.25) is 0 Å². The largest absolute Gasteiger partial charge is 0.327 e. The summed E-state index contributed by atoms with van der Waals surface area (Å²) in [6.45, 7) is 1.91. The molecule has 2 aromatic rings. The fraction of sp³-hybridized carbons (Fsp3) is 0.250. The standard InChI is InChI=1S/C16H17ClFNS/c1-11(19)16(14-4-2-3-5-15(14)18)20-10-12-6-8-13(17)9-7-12/h2-9,11,16H,10,19H2,1H3. The average molecular weight is 310 g/mol. The number of rotatable bonds is 5. The Bertz CT molecular complexity index is 557. The summed E-state index contributed by atoms with van der Waals surface area (Å²) in [6.07, 6.45) is 0. The number of nitrogens with two attached hydrogens (primary N) is 1. The normalized spacial score (nSPS) is 14.0. The quantitative estimate of drug-likeness (QED) is 0.858. The molecule has 0 aromatic heterocycles. The van der Waals surface area contributed by atoms with Crippen molar-refractivity contribution in [3.05, 3.63) is 70.5 Å². The third-order valence-electron chi connectivity index (χ3n) is 3.03. The fourth-order valence-corrected chi connectivity index (χ4v) is 3.36. The Labute approximate surface area is 128 Å². The van der Waals surface area contributed by atoms with Crippen LogP contribution in [-0.4, -0.2) is 6.04 Å². The van der Waals surface area contributed by atoms with E-state index in [1.807, 2.05) is 37.3 Å². The summed E-state index contributed by atoms with van der Waals surface area (Å²) in [5, 5.41) is 0.656. The van der Waals surface area contributed by atoms with Crippen LogP contribution in [0.15, 0.2) is 48.5 Å². The molecule has 2 atom stereocenters. The smallest absolute Gasteiger partial charge is 0.127 e. The number of halogens is 2. The molecule has 2 aromatic carbocycles. The van der Waals surface area contributed by atoms with Gasteiger partial charge in [-0.15, -0.1) is 11.8 Å². The molecular formula is C16H17ClFNS. The average Bonchev–Trinajstić information content (AvgIpc) is 2.42. The highest BCUT2D eigenvalue weighted by molar-refractivity contribution is 7.98. The molecule has 4 heteroatoms. The van der Waals surface area contributed by atoms with Gasteiger partial charge in [-0.05, 0) is 30.7 Å². The molecule has 1 nitrogen and oxygen atoms in total. The van der Waals surface area contributed by atoms with Gasteiger partial charge in [0.1, 0.15) is 5.82 Å². The minimum absolute atomic E-state index is 0.0631. The second-order valence-corrected chi connectivity index (χ2v) is 6.31. The minimum Gasteiger partial charge on any atom is -0.327 e. The van der Waals surface area contributed by atoms with E-state index < -0.39 is 0 Å². The Morgan fingerprint density at radius 2 is 1.80 bits per heavy atom. The maximum Gasteiger partial charge on any atom is 0.127 e. The predicted molar refractivity (Wildman–Crippen MR) is 85.5 cm³/mol. The first kappa shape index (κ1) is 15.4. The molecule has 0 radical (unpaired) electrons. The van der Waals surface area contributed by atoms with Gasteiger partial charge in [0.25, 0.3) is 0 Å². The van der Waals surface area contributed by atoms with E-state index in [4.69, 9.17) is 17.3 Å². The van der Waals surface area contributed by atoms with Crippen molar-refractivity contribution in [2.75, 3.05) is 0 Å². The molecule has 2 N–H and O–H groups in total. The highest BCUT2D eigenvalue weighted by atomic mass is 35.5. The lowest BCUT2D eigenvalue weighted by Crippen LogP contribution is -2.23. The summed E-state index contributed by atoms with van der Waals surface area (Å²) < 4.78 is 13.9. The highest BCUT2D eigenvalue weighted by Gasteiger charge is 2.20. The van der Waals surface area contributed by atoms with E-state index in [0.717, 1.165) is 16.3 Å². The Balaban J connectivity index is 2.11. The summed E-state index contributed by atoms with van der Waals surface area (Å²) in [4.78, 5) is 0. The van der Waals surface area contributed by atoms with Crippen molar-refractivity contribution in [2.24, 2.45) is 5.73 Å². The second-order valence-electron chi connectivity index (χ2n) is 4.74. The molecule has 0 heterocycles. The summed E-state index contributed by atoms with van der Waals surface area (Å²) in [6, 6.07) is 14.4. The van der Waals surface area contributed by atoms with E-state index in [2.05, 4.69) is 0 Å². The molecule has 0 fully saturated rings. The third-order valence-corrected chi connectivity index (χ3v) is 4.83. The molecule has 20 heavy (non-hydrogen) atoms. The van der Waals surface area contributed by atoms with Gasteiger partial charge in [0.05, 0.1) is 0 Å². The predicted octanol–water partition coefficient (Wildman–Crippen LogP) is 4.80. The number of hydrogen-bond acceptors (Lipinski definition) is 2. The van der Waals surface area contributed by atoms with Crippen LogP contribution in [0.25, 0.3) is 0 Å². The van der Waals surface area contributed by atoms with E-state index in [-0.39, 0.29) is 17.1 Å². The van der Waals surface area contributed by atoms with Crippen molar-refractivity contribution in [2.45, 2.75) is 24.0 Å². The van der Waals surface area contributed by atoms with Gasteiger partial charge in [-0.1, -0.05) is 41.9 Å². The van der Waals surface area contributed by atoms with Crippen molar-refractivity contribution in [1.82, 2.24) is 0 Å². The molecular weight excluding hydrogens is 293 g/mol. The van der Waals surface area contributed by atoms with Crippen LogP contribution in [-0.2, 0) is 5.75 Å². The van der Waals surface area contributed by atoms with Crippen molar-refractivity contribution >= 4 is 23.4 Å². The lowest BCUT2D eigenvalue weighted by atomic mass is 10.1. The third kappa shape index (κ3) is 3.98. The van der Waals surface area contributed by atoms with Gasteiger partial charge in [0.15, 0.2) is 0 Å². The Hall–Kier alpha value is -1.03. The van der Waals surface area contributed by atoms with Gasteiger partial charge in [0.2, 0.25) is 0 Å². The van der Waals surface area contributed by atoms with Crippen LogP contribution in [0.5, 0.6) is 0 Å². The molecule has 0 saturated carbocycles. The maximum absolute atomic E-state index is 13.9. The first-order chi connectivity index (χ1) is 9.58. The maximum atomic E-state index is 13.9. The van der Waals surface area contributed by atoms with Crippen LogP contribution >= 0.6 is 23.4 Å². The van der Waals surface area contributed by atoms with Crippen LogP contribution in [0.4, 0.5) is 4.39 Å². The number of hydrogen-bond donors (Lipinski definition) is 1. The van der Waals surface area contributed by atoms with Crippen molar-refractivity contribution in [3.63, 3.8) is 0 Å². The fourth-order valence-electron chi connectivity index (χ4n) is 2.00. The molecule has 0 amide bonds. The molecule has 0 bridgehead atoms. The van der Waals surface area contributed by atoms with Crippen LogP contribution in [0, 0.1) is 5.82 Å². The first-order valence-electron chi connectivity index (χ1n) is 6.44. The van der Waals surface area contributed by atoms with Gasteiger partial charge < -0.3 is 5.73 Å². The van der Waals surface area contributed by atoms with Crippen LogP contribution in [0.1, 0.15) is 23.3 Å². The Morgan fingerprint density at radius 1 is 1.15 bits per heavy atom. The van der Waals surface area contributed by atoms with Crippen molar-refractivity contribution in [1.29, 1.82) is 0 Å². The SMILES string of the molecule is CC(N)C(SCc1ccc(Cl)cc1)c1ccccc1F. The summed E-state index contributed by atoms with van der Waals surface area (Å²) in [5.74, 6) is 0.580. The van der Waals surface area contributed by atoms with Gasteiger partial charge >= 0.3 is 0 Å². The highest BCUT2D eigenvalue weighted by Crippen LogP contribution is 2.35. The molecule has 2 unspecified atom stereocenters. The summed E-state index contributed by atoms with van der Waals surface area (Å²) in [7, 11) is 0. The monoisotopic (exact) mass is 309 g/mol. The van der Waals surface area contributed by atoms with Crippen LogP contribution < -0.4 is 5.73 Å². The molecule has 0 aliphatic rings. The lowest BCUT2D eigenvalue weighted by molar-refractivity contribution is 0.592. The topological polar surface area (TPSA) is 26.0 Å². The first-order valence-corrected chi connectivity index (χ1v) is 7.86. The molecule has 0 saturated heterocycles. The molecule has 0 aliphatic heterocycles. The van der Waals surface area contributed by atoms with E-state index >= 15 is 0 Å². The van der Waals surface area contributed by atoms with Crippen LogP contribution in [0.3, 0.4) is 0 Å². The van der Waals surface area contributed by atoms with Crippen LogP contribution in [0.2, 0.25) is 5.02 Å². The molecule has 0 aliphatic carbocycles. The van der Waals surface area contributed by atoms with Gasteiger partial charge in [0, 0.05) is 27.6 Å². The van der Waals surface area contributed by atoms with E-state index in [1.54, 1.807) is 23.9 Å². The van der Waals surface area contributed by atoms with E-state index in [9.17, 15) is 4.39 Å².